The van der Waals surface area contributed by atoms with E-state index >= 15 is 0 Å². The van der Waals surface area contributed by atoms with Crippen LogP contribution in [0.25, 0.3) is 11.1 Å². The summed E-state index contributed by atoms with van der Waals surface area (Å²) in [6.45, 7) is 7.32. The highest BCUT2D eigenvalue weighted by molar-refractivity contribution is 6.03. The van der Waals surface area contributed by atoms with Gasteiger partial charge in [0.15, 0.2) is 5.78 Å². The van der Waals surface area contributed by atoms with Crippen molar-refractivity contribution in [2.75, 3.05) is 13.2 Å². The van der Waals surface area contributed by atoms with Crippen molar-refractivity contribution in [3.05, 3.63) is 57.3 Å². The second kappa shape index (κ2) is 8.30. The van der Waals surface area contributed by atoms with Gasteiger partial charge < -0.3 is 13.9 Å². The molecule has 2 heterocycles. The summed E-state index contributed by atoms with van der Waals surface area (Å²) in [5, 5.41) is 0.0733. The van der Waals surface area contributed by atoms with Crippen LogP contribution in [0.2, 0.25) is 0 Å². The van der Waals surface area contributed by atoms with Crippen molar-refractivity contribution < 1.29 is 23.5 Å². The van der Waals surface area contributed by atoms with Crippen LogP contribution in [0, 0.1) is 6.92 Å². The summed E-state index contributed by atoms with van der Waals surface area (Å²) in [5.41, 5.74) is 0.883. The molecule has 2 aromatic heterocycles. The Hall–Kier alpha value is -3.42. The Morgan fingerprint density at radius 3 is 2.62 bits per heavy atom. The van der Waals surface area contributed by atoms with E-state index < -0.39 is 11.5 Å². The van der Waals surface area contributed by atoms with Crippen molar-refractivity contribution in [1.82, 2.24) is 9.55 Å². The zero-order chi connectivity index (χ0) is 21.1. The average Bonchev–Trinajstić information content (AvgIpc) is 3.02. The minimum Gasteiger partial charge on any atom is -0.494 e. The van der Waals surface area contributed by atoms with Crippen LogP contribution in [0.1, 0.15) is 52.8 Å². The molecular weight excluding hydrogens is 376 g/mol. The fourth-order valence-corrected chi connectivity index (χ4v) is 3.10. The van der Waals surface area contributed by atoms with E-state index in [4.69, 9.17) is 13.9 Å². The Morgan fingerprint density at radius 1 is 1.21 bits per heavy atom. The SMILES string of the molecule is CCOC(=O)c1c(C)oc2ncn(Cc3cc(C(C)=O)ccc3OCC)c(=O)c12. The van der Waals surface area contributed by atoms with Crippen molar-refractivity contribution in [3.63, 3.8) is 0 Å². The molecule has 0 aliphatic rings. The first-order valence-electron chi connectivity index (χ1n) is 9.29. The number of benzene rings is 1. The highest BCUT2D eigenvalue weighted by atomic mass is 16.5. The van der Waals surface area contributed by atoms with Gasteiger partial charge in [-0.05, 0) is 45.9 Å². The standard InChI is InChI=1S/C21H22N2O6/c1-5-27-16-8-7-14(12(3)24)9-15(16)10-23-11-22-19-18(20(23)25)17(13(4)29-19)21(26)28-6-2/h7-9,11H,5-6,10H2,1-4H3. The van der Waals surface area contributed by atoms with Crippen LogP contribution in [0.15, 0.2) is 33.7 Å². The maximum absolute atomic E-state index is 13.1. The Labute approximate surface area is 167 Å². The number of carbonyl (C=O) groups is 2. The van der Waals surface area contributed by atoms with Gasteiger partial charge in [-0.3, -0.25) is 14.2 Å². The van der Waals surface area contributed by atoms with E-state index in [2.05, 4.69) is 4.98 Å². The number of Topliss-reactive ketones (excluding diaryl/α,β-unsaturated/α-hetero) is 1. The number of hydrogen-bond donors (Lipinski definition) is 0. The number of aryl methyl sites for hydroxylation is 1. The zero-order valence-electron chi connectivity index (χ0n) is 16.8. The van der Waals surface area contributed by atoms with E-state index in [1.165, 1.54) is 17.8 Å². The number of carbonyl (C=O) groups excluding carboxylic acids is 2. The number of nitrogens with zero attached hydrogens (tertiary/aromatic N) is 2. The molecule has 0 saturated carbocycles. The number of esters is 1. The number of furan rings is 1. The van der Waals surface area contributed by atoms with Gasteiger partial charge >= 0.3 is 5.97 Å². The number of rotatable bonds is 7. The van der Waals surface area contributed by atoms with Gasteiger partial charge in [0.1, 0.15) is 28.8 Å². The predicted molar refractivity (Wildman–Crippen MR) is 106 cm³/mol. The number of ether oxygens (including phenoxy) is 2. The van der Waals surface area contributed by atoms with E-state index in [0.29, 0.717) is 23.5 Å². The monoisotopic (exact) mass is 398 g/mol. The van der Waals surface area contributed by atoms with Crippen LogP contribution in [-0.4, -0.2) is 34.5 Å². The molecule has 1 aromatic carbocycles. The molecule has 0 atom stereocenters. The van der Waals surface area contributed by atoms with Crippen LogP contribution >= 0.6 is 0 Å². The molecule has 0 amide bonds. The molecule has 8 nitrogen and oxygen atoms in total. The Morgan fingerprint density at radius 2 is 1.97 bits per heavy atom. The smallest absolute Gasteiger partial charge is 0.342 e. The van der Waals surface area contributed by atoms with Crippen molar-refractivity contribution in [2.45, 2.75) is 34.2 Å². The number of aromatic nitrogens is 2. The molecule has 0 radical (unpaired) electrons. The summed E-state index contributed by atoms with van der Waals surface area (Å²) in [6, 6.07) is 5.08. The average molecular weight is 398 g/mol. The summed E-state index contributed by atoms with van der Waals surface area (Å²) in [6.07, 6.45) is 1.35. The van der Waals surface area contributed by atoms with E-state index in [-0.39, 0.29) is 41.4 Å². The topological polar surface area (TPSA) is 101 Å². The Balaban J connectivity index is 2.12. The fraction of sp³-hybridized carbons (Fsp3) is 0.333. The number of fused-ring (bicyclic) bond motifs is 1. The molecule has 0 fully saturated rings. The maximum atomic E-state index is 13.1. The van der Waals surface area contributed by atoms with Crippen LogP contribution in [0.3, 0.4) is 0 Å². The van der Waals surface area contributed by atoms with Crippen molar-refractivity contribution >= 4 is 22.9 Å². The van der Waals surface area contributed by atoms with E-state index in [1.807, 2.05) is 6.92 Å². The quantitative estimate of drug-likeness (QED) is 0.445. The van der Waals surface area contributed by atoms with Crippen LogP contribution in [-0.2, 0) is 11.3 Å². The van der Waals surface area contributed by atoms with Gasteiger partial charge in [-0.15, -0.1) is 0 Å². The first-order chi connectivity index (χ1) is 13.9. The second-order valence-electron chi connectivity index (χ2n) is 6.42. The maximum Gasteiger partial charge on any atom is 0.342 e. The van der Waals surface area contributed by atoms with E-state index in [0.717, 1.165) is 0 Å². The lowest BCUT2D eigenvalue weighted by molar-refractivity contribution is 0.0526. The third-order valence-corrected chi connectivity index (χ3v) is 4.44. The normalized spacial score (nSPS) is 10.9. The lowest BCUT2D eigenvalue weighted by Gasteiger charge is -2.13. The third kappa shape index (κ3) is 3.91. The summed E-state index contributed by atoms with van der Waals surface area (Å²) >= 11 is 0. The molecule has 29 heavy (non-hydrogen) atoms. The van der Waals surface area contributed by atoms with Crippen molar-refractivity contribution in [2.24, 2.45) is 0 Å². The number of ketones is 1. The van der Waals surface area contributed by atoms with Crippen LogP contribution in [0.4, 0.5) is 0 Å². The fourth-order valence-electron chi connectivity index (χ4n) is 3.10. The molecule has 152 valence electrons. The summed E-state index contributed by atoms with van der Waals surface area (Å²) < 4.78 is 17.5. The van der Waals surface area contributed by atoms with Gasteiger partial charge in [0, 0.05) is 11.1 Å². The molecule has 0 aliphatic heterocycles. The molecular formula is C21H22N2O6. The van der Waals surface area contributed by atoms with Crippen molar-refractivity contribution in [1.29, 1.82) is 0 Å². The first kappa shape index (κ1) is 20.3. The van der Waals surface area contributed by atoms with Gasteiger partial charge in [-0.25, -0.2) is 9.78 Å². The van der Waals surface area contributed by atoms with Gasteiger partial charge in [0.25, 0.3) is 5.56 Å². The predicted octanol–water partition coefficient (Wildman–Crippen LogP) is 3.12. The Bertz CT molecular complexity index is 1140. The molecule has 8 heteroatoms. The van der Waals surface area contributed by atoms with Crippen LogP contribution in [0.5, 0.6) is 5.75 Å². The minimum atomic E-state index is -0.631. The molecule has 0 aliphatic carbocycles. The molecule has 0 N–H and O–H groups in total. The summed E-state index contributed by atoms with van der Waals surface area (Å²) in [4.78, 5) is 41.4. The van der Waals surface area contributed by atoms with Gasteiger partial charge in [-0.2, -0.15) is 0 Å². The number of hydrogen-bond acceptors (Lipinski definition) is 7. The van der Waals surface area contributed by atoms with Gasteiger partial charge in [0.2, 0.25) is 5.71 Å². The van der Waals surface area contributed by atoms with E-state index in [1.54, 1.807) is 32.0 Å². The summed E-state index contributed by atoms with van der Waals surface area (Å²) in [5.74, 6) is 0.118. The lowest BCUT2D eigenvalue weighted by atomic mass is 10.1. The highest BCUT2D eigenvalue weighted by Crippen LogP contribution is 2.24. The molecule has 0 unspecified atom stereocenters. The first-order valence-corrected chi connectivity index (χ1v) is 9.29. The molecule has 0 saturated heterocycles. The lowest BCUT2D eigenvalue weighted by Crippen LogP contribution is -2.23. The van der Waals surface area contributed by atoms with E-state index in [9.17, 15) is 14.4 Å². The van der Waals surface area contributed by atoms with Crippen LogP contribution < -0.4 is 10.3 Å². The van der Waals surface area contributed by atoms with Crippen molar-refractivity contribution in [3.8, 4) is 5.75 Å². The zero-order valence-corrected chi connectivity index (χ0v) is 16.8. The Kier molecular flexibility index (Phi) is 5.81. The highest BCUT2D eigenvalue weighted by Gasteiger charge is 2.24. The minimum absolute atomic E-state index is 0.0733. The second-order valence-corrected chi connectivity index (χ2v) is 6.42. The molecule has 3 rings (SSSR count). The largest absolute Gasteiger partial charge is 0.494 e. The van der Waals surface area contributed by atoms with Gasteiger partial charge in [-0.1, -0.05) is 0 Å². The molecule has 0 spiro atoms. The molecule has 0 bridgehead atoms. The van der Waals surface area contributed by atoms with Gasteiger partial charge in [0.05, 0.1) is 19.8 Å². The summed E-state index contributed by atoms with van der Waals surface area (Å²) in [7, 11) is 0. The molecule has 3 aromatic rings. The third-order valence-electron chi connectivity index (χ3n) is 4.44.